The van der Waals surface area contributed by atoms with Gasteiger partial charge in [0.1, 0.15) is 0 Å². The van der Waals surface area contributed by atoms with Crippen molar-refractivity contribution in [2.45, 2.75) is 104 Å². The molecule has 0 radical (unpaired) electrons. The van der Waals surface area contributed by atoms with Crippen molar-refractivity contribution < 1.29 is 48.1 Å². The molecule has 0 aromatic heterocycles. The number of rotatable bonds is 6. The van der Waals surface area contributed by atoms with Gasteiger partial charge in [0.15, 0.2) is 0 Å². The van der Waals surface area contributed by atoms with Gasteiger partial charge in [-0.15, -0.1) is 69.1 Å². The van der Waals surface area contributed by atoms with Gasteiger partial charge < -0.3 is 24.8 Å². The average molecular weight is 797 g/mol. The van der Waals surface area contributed by atoms with Crippen molar-refractivity contribution in [3.63, 3.8) is 0 Å². The number of hydrogen-bond acceptors (Lipinski definition) is 0. The van der Waals surface area contributed by atoms with Crippen molar-refractivity contribution in [2.24, 2.45) is 0 Å². The minimum Gasteiger partial charge on any atom is -1.00 e. The van der Waals surface area contributed by atoms with E-state index in [1.54, 1.807) is 28.9 Å². The Morgan fingerprint density at radius 2 is 1.08 bits per heavy atom. The third kappa shape index (κ3) is 10.9. The Bertz CT molecular complexity index is 1920. The van der Waals surface area contributed by atoms with E-state index in [4.69, 9.17) is 0 Å². The van der Waals surface area contributed by atoms with Crippen molar-refractivity contribution in [1.82, 2.24) is 0 Å². The normalized spacial score (nSPS) is 12.9. The first kappa shape index (κ1) is 42.2. The van der Waals surface area contributed by atoms with Gasteiger partial charge in [-0.3, -0.25) is 0 Å². The molecular weight excluding hydrogens is 743 g/mol. The van der Waals surface area contributed by atoms with E-state index in [1.807, 2.05) is 0 Å². The number of benzene rings is 4. The van der Waals surface area contributed by atoms with E-state index in [-0.39, 0.29) is 30.2 Å². The summed E-state index contributed by atoms with van der Waals surface area (Å²) in [6.45, 7) is 15.8. The molecule has 1 aliphatic rings. The second kappa shape index (κ2) is 20.1. The van der Waals surface area contributed by atoms with Crippen molar-refractivity contribution in [3.8, 4) is 22.3 Å². The fourth-order valence-corrected chi connectivity index (χ4v) is 7.03. The largest absolute Gasteiger partial charge is 1.00 e. The minimum absolute atomic E-state index is 0. The Labute approximate surface area is 330 Å². The zero-order valence-electron chi connectivity index (χ0n) is 31.1. The Balaban J connectivity index is 0.000000239. The summed E-state index contributed by atoms with van der Waals surface area (Å²) in [6, 6.07) is 41.1. The van der Waals surface area contributed by atoms with Crippen LogP contribution in [-0.4, -0.2) is 5.43 Å². The van der Waals surface area contributed by atoms with Crippen LogP contribution in [0.25, 0.3) is 43.8 Å². The summed E-state index contributed by atoms with van der Waals surface area (Å²) in [5.74, 6) is 1.96. The Morgan fingerprint density at radius 3 is 1.52 bits per heavy atom. The number of halogens is 2. The second-order valence-electron chi connectivity index (χ2n) is 14.5. The first-order chi connectivity index (χ1) is 23.1. The topological polar surface area (TPSA) is 0 Å². The van der Waals surface area contributed by atoms with Crippen LogP contribution in [0.5, 0.6) is 0 Å². The number of fused-ring (bicyclic) bond motifs is 2. The van der Waals surface area contributed by atoms with Gasteiger partial charge in [0.25, 0.3) is 0 Å². The SMILES string of the molecule is CC(C)c1ccc(-c2cccc3[cH-]c(C4CCCCC4)cc23)cc1.CCc1cc2c(-c3ccc(C(C)C)cc3)cccc2[cH-]1.C[Si](C)=[Zr+2].[Cl-].[Cl-]. The van der Waals surface area contributed by atoms with Crippen LogP contribution < -0.4 is 24.8 Å². The molecule has 0 amide bonds. The van der Waals surface area contributed by atoms with E-state index in [9.17, 15) is 0 Å². The van der Waals surface area contributed by atoms with Gasteiger partial charge in [-0.2, -0.15) is 12.1 Å². The Hall–Kier alpha value is -2.22. The van der Waals surface area contributed by atoms with Crippen LogP contribution in [-0.2, 0) is 29.8 Å². The Kier molecular flexibility index (Phi) is 17.0. The third-order valence-electron chi connectivity index (χ3n) is 9.85. The molecule has 7 rings (SSSR count). The molecule has 4 heteroatoms. The van der Waals surface area contributed by atoms with Gasteiger partial charge in [-0.25, -0.2) is 0 Å². The van der Waals surface area contributed by atoms with Crippen LogP contribution >= 0.6 is 0 Å². The maximum atomic E-state index is 2.47. The molecule has 1 aliphatic carbocycles. The van der Waals surface area contributed by atoms with Crippen LogP contribution in [0.15, 0.2) is 109 Å². The van der Waals surface area contributed by atoms with Crippen LogP contribution in [0.2, 0.25) is 13.1 Å². The van der Waals surface area contributed by atoms with E-state index in [1.165, 1.54) is 92.6 Å². The maximum absolute atomic E-state index is 2.47. The van der Waals surface area contributed by atoms with E-state index in [0.717, 1.165) is 12.3 Å². The van der Waals surface area contributed by atoms with E-state index in [2.05, 4.69) is 157 Å². The molecule has 0 spiro atoms. The molecule has 0 N–H and O–H groups in total. The fraction of sp³-hybridized carbons (Fsp3) is 0.348. The molecule has 50 heavy (non-hydrogen) atoms. The summed E-state index contributed by atoms with van der Waals surface area (Å²) >= 11 is 1.74. The predicted molar refractivity (Wildman–Crippen MR) is 211 cm³/mol. The second-order valence-corrected chi connectivity index (χ2v) is 23.9. The molecule has 0 heterocycles. The molecule has 0 unspecified atom stereocenters. The van der Waals surface area contributed by atoms with Crippen LogP contribution in [0.1, 0.15) is 107 Å². The van der Waals surface area contributed by atoms with Crippen molar-refractivity contribution in [2.75, 3.05) is 0 Å². The zero-order valence-corrected chi connectivity index (χ0v) is 36.1. The number of hydrogen-bond donors (Lipinski definition) is 0. The predicted octanol–water partition coefficient (Wildman–Crippen LogP) is 8.10. The summed E-state index contributed by atoms with van der Waals surface area (Å²) in [6.07, 6.45) is 8.06. The molecule has 0 aliphatic heterocycles. The van der Waals surface area contributed by atoms with Crippen LogP contribution in [0.3, 0.4) is 0 Å². The third-order valence-corrected chi connectivity index (χ3v) is 9.85. The minimum atomic E-state index is 0. The summed E-state index contributed by atoms with van der Waals surface area (Å²) in [5.41, 5.74) is 11.4. The first-order valence-electron chi connectivity index (χ1n) is 18.2. The molecular formula is C46H54Cl2SiZr-2. The molecule has 0 nitrogen and oxygen atoms in total. The maximum Gasteiger partial charge on any atom is -1.00 e. The molecule has 0 bridgehead atoms. The monoisotopic (exact) mass is 794 g/mol. The summed E-state index contributed by atoms with van der Waals surface area (Å²) in [4.78, 5) is 0. The zero-order chi connectivity index (χ0) is 34.2. The molecule has 6 aromatic carbocycles. The molecule has 1 fully saturated rings. The quantitative estimate of drug-likeness (QED) is 0.118. The van der Waals surface area contributed by atoms with Crippen LogP contribution in [0, 0.1) is 0 Å². The molecule has 1 saturated carbocycles. The van der Waals surface area contributed by atoms with E-state index < -0.39 is 0 Å². The fourth-order valence-electron chi connectivity index (χ4n) is 7.03. The van der Waals surface area contributed by atoms with Gasteiger partial charge >= 0.3 is 41.9 Å². The van der Waals surface area contributed by atoms with Crippen LogP contribution in [0.4, 0.5) is 0 Å². The molecule has 6 aromatic rings. The molecule has 0 saturated heterocycles. The van der Waals surface area contributed by atoms with Gasteiger partial charge in [0.05, 0.1) is 0 Å². The standard InChI is InChI=1S/C24H27.C20H21.C2H6Si.2ClH.Zr/c1-17(2)18-11-13-20(14-12-18)23-10-6-9-21-15-22(16-24(21)23)19-7-4-3-5-8-19;1-4-15-12-18-6-5-7-19(20(18)13-15)17-10-8-16(9-11-17)14(2)3;1-3-2;;;/h6,9-17,19H,3-5,7-8H2,1-2H3;5-14H,4H2,1-3H3;1-2H3;2*1H;/q2*-1;;;;+2/p-2. The van der Waals surface area contributed by atoms with Crippen molar-refractivity contribution >= 4 is 27.0 Å². The number of aryl methyl sites for hydroxylation is 1. The smallest absolute Gasteiger partial charge is 1.00 e. The Morgan fingerprint density at radius 1 is 0.640 bits per heavy atom. The van der Waals surface area contributed by atoms with Gasteiger partial charge in [0.2, 0.25) is 0 Å². The van der Waals surface area contributed by atoms with Gasteiger partial charge in [0, 0.05) is 0 Å². The summed E-state index contributed by atoms with van der Waals surface area (Å²) in [5, 5.41) is 5.56. The van der Waals surface area contributed by atoms with Crippen molar-refractivity contribution in [3.05, 3.63) is 131 Å². The molecule has 0 atom stereocenters. The van der Waals surface area contributed by atoms with Crippen molar-refractivity contribution in [1.29, 1.82) is 0 Å². The van der Waals surface area contributed by atoms with E-state index >= 15 is 0 Å². The molecule has 262 valence electrons. The van der Waals surface area contributed by atoms with Gasteiger partial charge in [-0.1, -0.05) is 126 Å². The summed E-state index contributed by atoms with van der Waals surface area (Å²) < 4.78 is 0. The van der Waals surface area contributed by atoms with E-state index in [0.29, 0.717) is 11.8 Å². The first-order valence-corrected chi connectivity index (χ1v) is 24.4. The average Bonchev–Trinajstić information content (AvgIpc) is 3.73. The summed E-state index contributed by atoms with van der Waals surface area (Å²) in [7, 11) is 0. The van der Waals surface area contributed by atoms with Gasteiger partial charge in [-0.05, 0) is 59.3 Å².